The number of ether oxygens (including phenoxy) is 2. The van der Waals surface area contributed by atoms with E-state index >= 15 is 0 Å². The van der Waals surface area contributed by atoms with Gasteiger partial charge in [-0.25, -0.2) is 8.42 Å². The molecular weight excluding hydrogens is 428 g/mol. The van der Waals surface area contributed by atoms with E-state index in [4.69, 9.17) is 9.47 Å². The fraction of sp³-hybridized carbons (Fsp3) is 0.208. The highest BCUT2D eigenvalue weighted by Crippen LogP contribution is 2.35. The van der Waals surface area contributed by atoms with Gasteiger partial charge in [0.2, 0.25) is 0 Å². The summed E-state index contributed by atoms with van der Waals surface area (Å²) in [5, 5.41) is 2.85. The van der Waals surface area contributed by atoms with Crippen molar-refractivity contribution in [3.05, 3.63) is 77.9 Å². The summed E-state index contributed by atoms with van der Waals surface area (Å²) in [6, 6.07) is 18.8. The van der Waals surface area contributed by atoms with Crippen molar-refractivity contribution in [1.82, 2.24) is 0 Å². The van der Waals surface area contributed by atoms with E-state index in [9.17, 15) is 13.2 Å². The van der Waals surface area contributed by atoms with Crippen LogP contribution < -0.4 is 19.1 Å². The zero-order valence-electron chi connectivity index (χ0n) is 17.9. The summed E-state index contributed by atoms with van der Waals surface area (Å²) in [6.45, 7) is 0.377. The Hall–Kier alpha value is -3.52. The first-order chi connectivity index (χ1) is 15.5. The Morgan fingerprint density at radius 2 is 1.62 bits per heavy atom. The van der Waals surface area contributed by atoms with E-state index in [1.54, 1.807) is 60.7 Å². The number of carbonyl (C=O) groups excluding carboxylic acids is 1. The summed E-state index contributed by atoms with van der Waals surface area (Å²) < 4.78 is 38.6. The van der Waals surface area contributed by atoms with Crippen LogP contribution in [-0.2, 0) is 16.4 Å². The molecule has 3 aromatic rings. The van der Waals surface area contributed by atoms with Crippen molar-refractivity contribution >= 4 is 27.3 Å². The van der Waals surface area contributed by atoms with Gasteiger partial charge in [0.25, 0.3) is 15.9 Å². The molecule has 0 aromatic heterocycles. The number of anilines is 2. The smallest absolute Gasteiger partial charge is 0.264 e. The first-order valence-electron chi connectivity index (χ1n) is 10.2. The molecule has 4 rings (SSSR count). The van der Waals surface area contributed by atoms with E-state index in [1.165, 1.54) is 18.5 Å². The van der Waals surface area contributed by atoms with Crippen LogP contribution in [0, 0.1) is 0 Å². The highest BCUT2D eigenvalue weighted by Gasteiger charge is 2.29. The molecule has 0 spiro atoms. The lowest BCUT2D eigenvalue weighted by atomic mass is 10.0. The molecule has 0 bridgehead atoms. The molecular formula is C24H24N2O5S. The van der Waals surface area contributed by atoms with Crippen LogP contribution in [0.15, 0.2) is 71.6 Å². The number of rotatable bonds is 6. The lowest BCUT2D eigenvalue weighted by Crippen LogP contribution is -2.35. The number of carbonyl (C=O) groups is 1. The number of hydrogen-bond donors (Lipinski definition) is 1. The van der Waals surface area contributed by atoms with E-state index in [1.807, 2.05) is 6.07 Å². The number of methoxy groups -OCH3 is 2. The lowest BCUT2D eigenvalue weighted by molar-refractivity contribution is 0.102. The second-order valence-electron chi connectivity index (χ2n) is 7.33. The normalized spacial score (nSPS) is 13.2. The van der Waals surface area contributed by atoms with Crippen LogP contribution in [0.25, 0.3) is 0 Å². The van der Waals surface area contributed by atoms with E-state index in [-0.39, 0.29) is 10.5 Å². The Kier molecular flexibility index (Phi) is 6.05. The van der Waals surface area contributed by atoms with Crippen LogP contribution in [0.3, 0.4) is 0 Å². The topological polar surface area (TPSA) is 84.9 Å². The van der Waals surface area contributed by atoms with E-state index in [2.05, 4.69) is 5.32 Å². The van der Waals surface area contributed by atoms with Crippen molar-refractivity contribution < 1.29 is 22.7 Å². The summed E-state index contributed by atoms with van der Waals surface area (Å²) in [4.78, 5) is 13.3. The molecule has 0 fully saturated rings. The van der Waals surface area contributed by atoms with Gasteiger partial charge in [-0.3, -0.25) is 9.10 Å². The summed E-state index contributed by atoms with van der Waals surface area (Å²) in [7, 11) is -0.748. The number of nitrogens with zero attached hydrogens (tertiary/aromatic N) is 1. The Morgan fingerprint density at radius 1 is 0.938 bits per heavy atom. The zero-order valence-corrected chi connectivity index (χ0v) is 18.7. The minimum atomic E-state index is -3.71. The highest BCUT2D eigenvalue weighted by atomic mass is 32.2. The summed E-state index contributed by atoms with van der Waals surface area (Å²) >= 11 is 0. The number of amides is 1. The quantitative estimate of drug-likeness (QED) is 0.609. The number of benzene rings is 3. The fourth-order valence-electron chi connectivity index (χ4n) is 3.86. The Balaban J connectivity index is 1.69. The fourth-order valence-corrected chi connectivity index (χ4v) is 5.41. The number of aryl methyl sites for hydroxylation is 1. The molecule has 1 heterocycles. The van der Waals surface area contributed by atoms with E-state index in [0.29, 0.717) is 29.4 Å². The number of hydrogen-bond acceptors (Lipinski definition) is 5. The second kappa shape index (κ2) is 8.92. The Morgan fingerprint density at radius 3 is 2.28 bits per heavy atom. The predicted molar refractivity (Wildman–Crippen MR) is 123 cm³/mol. The molecule has 0 saturated heterocycles. The molecule has 8 heteroatoms. The van der Waals surface area contributed by atoms with Crippen LogP contribution in [-0.4, -0.2) is 35.1 Å². The minimum absolute atomic E-state index is 0.237. The highest BCUT2D eigenvalue weighted by molar-refractivity contribution is 7.92. The van der Waals surface area contributed by atoms with Gasteiger partial charge in [0.1, 0.15) is 17.1 Å². The maximum Gasteiger partial charge on any atom is 0.264 e. The molecule has 1 N–H and O–H groups in total. The SMILES string of the molecule is COc1cccc(OC)c1C(=O)Nc1ccc2c(c1)N(S(=O)(=O)c1ccccc1)CCC2. The third-order valence-corrected chi connectivity index (χ3v) is 7.23. The third-order valence-electron chi connectivity index (χ3n) is 5.41. The van der Waals surface area contributed by atoms with E-state index in [0.717, 1.165) is 18.4 Å². The summed E-state index contributed by atoms with van der Waals surface area (Å²) in [6.07, 6.45) is 1.49. The molecule has 1 aliphatic heterocycles. The number of sulfonamides is 1. The second-order valence-corrected chi connectivity index (χ2v) is 9.19. The van der Waals surface area contributed by atoms with Gasteiger partial charge in [0.15, 0.2) is 0 Å². The predicted octanol–water partition coefficient (Wildman–Crippen LogP) is 4.10. The van der Waals surface area contributed by atoms with Crippen molar-refractivity contribution in [3.63, 3.8) is 0 Å². The monoisotopic (exact) mass is 452 g/mol. The first kappa shape index (κ1) is 21.7. The van der Waals surface area contributed by atoms with Crippen LogP contribution in [0.2, 0.25) is 0 Å². The molecule has 0 aliphatic carbocycles. The minimum Gasteiger partial charge on any atom is -0.496 e. The average Bonchev–Trinajstić information content (AvgIpc) is 2.83. The van der Waals surface area contributed by atoms with Gasteiger partial charge < -0.3 is 14.8 Å². The molecule has 0 radical (unpaired) electrons. The molecule has 3 aromatic carbocycles. The molecule has 1 amide bonds. The Bertz CT molecular complexity index is 1220. The van der Waals surface area contributed by atoms with E-state index < -0.39 is 15.9 Å². The van der Waals surface area contributed by atoms with Gasteiger partial charge in [0.05, 0.1) is 24.8 Å². The van der Waals surface area contributed by atoms with Crippen molar-refractivity contribution in [3.8, 4) is 11.5 Å². The van der Waals surface area contributed by atoms with Gasteiger partial charge in [-0.2, -0.15) is 0 Å². The largest absolute Gasteiger partial charge is 0.496 e. The van der Waals surface area contributed by atoms with Crippen molar-refractivity contribution in [1.29, 1.82) is 0 Å². The van der Waals surface area contributed by atoms with Gasteiger partial charge in [-0.1, -0.05) is 30.3 Å². The number of nitrogens with one attached hydrogen (secondary N) is 1. The van der Waals surface area contributed by atoms with Gasteiger partial charge in [-0.05, 0) is 54.8 Å². The van der Waals surface area contributed by atoms with Gasteiger partial charge in [-0.15, -0.1) is 0 Å². The van der Waals surface area contributed by atoms with Crippen LogP contribution in [0.5, 0.6) is 11.5 Å². The van der Waals surface area contributed by atoms with Gasteiger partial charge >= 0.3 is 0 Å². The van der Waals surface area contributed by atoms with Crippen molar-refractivity contribution in [2.45, 2.75) is 17.7 Å². The zero-order chi connectivity index (χ0) is 22.7. The first-order valence-corrected chi connectivity index (χ1v) is 11.6. The third kappa shape index (κ3) is 4.01. The lowest BCUT2D eigenvalue weighted by Gasteiger charge is -2.31. The molecule has 166 valence electrons. The molecule has 1 aliphatic rings. The van der Waals surface area contributed by atoms with Crippen LogP contribution in [0.1, 0.15) is 22.3 Å². The molecule has 0 atom stereocenters. The standard InChI is InChI=1S/C24H24N2O5S/c1-30-21-11-6-12-22(31-2)23(21)24(27)25-18-14-13-17-8-7-15-26(20(17)16-18)32(28,29)19-9-4-3-5-10-19/h3-6,9-14,16H,7-8,15H2,1-2H3,(H,25,27). The molecule has 0 saturated carbocycles. The van der Waals surface area contributed by atoms with Gasteiger partial charge in [0, 0.05) is 12.2 Å². The molecule has 0 unspecified atom stereocenters. The number of fused-ring (bicyclic) bond motifs is 1. The van der Waals surface area contributed by atoms with Crippen LogP contribution >= 0.6 is 0 Å². The van der Waals surface area contributed by atoms with Crippen LogP contribution in [0.4, 0.5) is 11.4 Å². The van der Waals surface area contributed by atoms with Crippen molar-refractivity contribution in [2.24, 2.45) is 0 Å². The summed E-state index contributed by atoms with van der Waals surface area (Å²) in [5.74, 6) is 0.355. The average molecular weight is 453 g/mol. The maximum absolute atomic E-state index is 13.3. The van der Waals surface area contributed by atoms with Crippen molar-refractivity contribution in [2.75, 3.05) is 30.4 Å². The molecule has 7 nitrogen and oxygen atoms in total. The maximum atomic E-state index is 13.3. The Labute approximate surface area is 187 Å². The molecule has 32 heavy (non-hydrogen) atoms. The summed E-state index contributed by atoms with van der Waals surface area (Å²) in [5.41, 5.74) is 2.24.